The van der Waals surface area contributed by atoms with Gasteiger partial charge in [0.25, 0.3) is 0 Å². The molecule has 0 saturated carbocycles. The van der Waals surface area contributed by atoms with Crippen LogP contribution in [0.25, 0.3) is 22.3 Å². The van der Waals surface area contributed by atoms with Crippen molar-refractivity contribution < 1.29 is 9.84 Å². The van der Waals surface area contributed by atoms with Crippen LogP contribution >= 0.6 is 0 Å². The third-order valence-electron chi connectivity index (χ3n) is 3.84. The highest BCUT2D eigenvalue weighted by Crippen LogP contribution is 2.29. The van der Waals surface area contributed by atoms with Gasteiger partial charge in [-0.3, -0.25) is 0 Å². The zero-order valence-electron chi connectivity index (χ0n) is 13.4. The topological polar surface area (TPSA) is 55.2 Å². The molecule has 23 heavy (non-hydrogen) atoms. The lowest BCUT2D eigenvalue weighted by molar-refractivity contribution is 0.230. The minimum atomic E-state index is 0.0972. The van der Waals surface area contributed by atoms with Crippen LogP contribution in [0.3, 0.4) is 0 Å². The molecule has 0 aliphatic heterocycles. The zero-order chi connectivity index (χ0) is 16.2. The highest BCUT2D eigenvalue weighted by Gasteiger charge is 2.13. The smallest absolute Gasteiger partial charge is 0.241 e. The fourth-order valence-electron chi connectivity index (χ4n) is 2.41. The van der Waals surface area contributed by atoms with Crippen molar-refractivity contribution in [3.05, 3.63) is 53.6 Å². The molecule has 0 spiro atoms. The summed E-state index contributed by atoms with van der Waals surface area (Å²) in [5, 5.41) is 8.95. The summed E-state index contributed by atoms with van der Waals surface area (Å²) in [7, 11) is 0. The van der Waals surface area contributed by atoms with Crippen LogP contribution in [0.2, 0.25) is 0 Å². The van der Waals surface area contributed by atoms with E-state index in [1.807, 2.05) is 36.4 Å². The monoisotopic (exact) mass is 308 g/mol. The van der Waals surface area contributed by atoms with E-state index >= 15 is 0 Å². The largest absolute Gasteiger partial charge is 0.476 e. The number of aromatic nitrogens is 2. The third kappa shape index (κ3) is 3.32. The first-order chi connectivity index (χ1) is 11.2. The molecule has 1 aromatic heterocycles. The molecule has 0 fully saturated rings. The van der Waals surface area contributed by atoms with Crippen LogP contribution in [0.5, 0.6) is 5.88 Å². The highest BCUT2D eigenvalue weighted by atomic mass is 16.5. The Balaban J connectivity index is 2.13. The molecular formula is C19H20N2O2. The number of fused-ring (bicyclic) bond motifs is 1. The molecule has 1 N–H and O–H groups in total. The van der Waals surface area contributed by atoms with Crippen molar-refractivity contribution in [2.75, 3.05) is 13.2 Å². The minimum absolute atomic E-state index is 0.0972. The van der Waals surface area contributed by atoms with Crippen molar-refractivity contribution in [1.82, 2.24) is 9.97 Å². The maximum Gasteiger partial charge on any atom is 0.241 e. The molecule has 0 unspecified atom stereocenters. The standard InChI is InChI=1S/C19H20N2O2/c1-13-11-16-17(12-14(13)2)21-19(23-10-6-9-22)18(20-16)15-7-4-3-5-8-15/h3-5,7-8,11-12,22H,6,9-10H2,1-2H3. The second kappa shape index (κ2) is 6.75. The molecule has 1 heterocycles. The number of aryl methyl sites for hydroxylation is 2. The summed E-state index contributed by atoms with van der Waals surface area (Å²) in [5.74, 6) is 0.514. The molecule has 118 valence electrons. The molecule has 0 aliphatic carbocycles. The van der Waals surface area contributed by atoms with Crippen LogP contribution < -0.4 is 4.74 Å². The lowest BCUT2D eigenvalue weighted by atomic mass is 10.1. The summed E-state index contributed by atoms with van der Waals surface area (Å²) in [5.41, 5.74) is 5.77. The van der Waals surface area contributed by atoms with E-state index in [0.29, 0.717) is 18.9 Å². The van der Waals surface area contributed by atoms with Crippen molar-refractivity contribution in [2.45, 2.75) is 20.3 Å². The average molecular weight is 308 g/mol. The summed E-state index contributed by atoms with van der Waals surface area (Å²) in [6.45, 7) is 4.65. The van der Waals surface area contributed by atoms with Gasteiger partial charge in [-0.15, -0.1) is 0 Å². The van der Waals surface area contributed by atoms with E-state index in [4.69, 9.17) is 14.8 Å². The normalized spacial score (nSPS) is 10.9. The first kappa shape index (κ1) is 15.4. The van der Waals surface area contributed by atoms with Crippen LogP contribution in [0.15, 0.2) is 42.5 Å². The van der Waals surface area contributed by atoms with E-state index in [1.165, 1.54) is 11.1 Å². The Morgan fingerprint density at radius 1 is 0.957 bits per heavy atom. The predicted molar refractivity (Wildman–Crippen MR) is 91.6 cm³/mol. The summed E-state index contributed by atoms with van der Waals surface area (Å²) in [6, 6.07) is 14.0. The maximum atomic E-state index is 8.95. The number of nitrogens with zero attached hydrogens (tertiary/aromatic N) is 2. The fourth-order valence-corrected chi connectivity index (χ4v) is 2.41. The van der Waals surface area contributed by atoms with Crippen molar-refractivity contribution in [2.24, 2.45) is 0 Å². The minimum Gasteiger partial charge on any atom is -0.476 e. The van der Waals surface area contributed by atoms with E-state index in [2.05, 4.69) is 24.9 Å². The zero-order valence-corrected chi connectivity index (χ0v) is 13.4. The van der Waals surface area contributed by atoms with E-state index < -0.39 is 0 Å². The van der Waals surface area contributed by atoms with Gasteiger partial charge in [-0.25, -0.2) is 9.97 Å². The van der Waals surface area contributed by atoms with Crippen molar-refractivity contribution in [1.29, 1.82) is 0 Å². The van der Waals surface area contributed by atoms with Gasteiger partial charge in [0.05, 0.1) is 17.6 Å². The summed E-state index contributed by atoms with van der Waals surface area (Å²) in [6.07, 6.45) is 0.570. The van der Waals surface area contributed by atoms with Crippen LogP contribution in [0, 0.1) is 13.8 Å². The molecule has 4 nitrogen and oxygen atoms in total. The average Bonchev–Trinajstić information content (AvgIpc) is 2.57. The molecule has 0 radical (unpaired) electrons. The second-order valence-corrected chi connectivity index (χ2v) is 5.59. The van der Waals surface area contributed by atoms with Gasteiger partial charge in [0, 0.05) is 18.6 Å². The maximum absolute atomic E-state index is 8.95. The molecule has 4 heteroatoms. The lowest BCUT2D eigenvalue weighted by Crippen LogP contribution is -2.04. The van der Waals surface area contributed by atoms with Crippen LogP contribution in [-0.4, -0.2) is 28.3 Å². The molecular weight excluding hydrogens is 288 g/mol. The van der Waals surface area contributed by atoms with Gasteiger partial charge in [0.2, 0.25) is 5.88 Å². The third-order valence-corrected chi connectivity index (χ3v) is 3.84. The van der Waals surface area contributed by atoms with Gasteiger partial charge in [-0.2, -0.15) is 0 Å². The van der Waals surface area contributed by atoms with E-state index in [-0.39, 0.29) is 6.61 Å². The second-order valence-electron chi connectivity index (χ2n) is 5.59. The van der Waals surface area contributed by atoms with Gasteiger partial charge in [-0.05, 0) is 37.1 Å². The van der Waals surface area contributed by atoms with Gasteiger partial charge in [0.1, 0.15) is 5.69 Å². The number of benzene rings is 2. The van der Waals surface area contributed by atoms with Gasteiger partial charge < -0.3 is 9.84 Å². The van der Waals surface area contributed by atoms with Crippen molar-refractivity contribution in [3.8, 4) is 17.1 Å². The van der Waals surface area contributed by atoms with E-state index in [0.717, 1.165) is 22.3 Å². The van der Waals surface area contributed by atoms with Gasteiger partial charge >= 0.3 is 0 Å². The Morgan fingerprint density at radius 2 is 1.61 bits per heavy atom. The molecule has 0 amide bonds. The molecule has 0 bridgehead atoms. The summed E-state index contributed by atoms with van der Waals surface area (Å²) >= 11 is 0. The van der Waals surface area contributed by atoms with Crippen LogP contribution in [0.1, 0.15) is 17.5 Å². The number of aliphatic hydroxyl groups is 1. The van der Waals surface area contributed by atoms with Crippen LogP contribution in [0.4, 0.5) is 0 Å². The number of hydrogen-bond donors (Lipinski definition) is 1. The summed E-state index contributed by atoms with van der Waals surface area (Å²) in [4.78, 5) is 9.44. The number of rotatable bonds is 5. The highest BCUT2D eigenvalue weighted by molar-refractivity contribution is 5.81. The number of aliphatic hydroxyl groups excluding tert-OH is 1. The lowest BCUT2D eigenvalue weighted by Gasteiger charge is -2.12. The molecule has 2 aromatic carbocycles. The first-order valence-corrected chi connectivity index (χ1v) is 7.77. The molecule has 3 rings (SSSR count). The van der Waals surface area contributed by atoms with Crippen molar-refractivity contribution >= 4 is 11.0 Å². The Labute approximate surface area is 135 Å². The van der Waals surface area contributed by atoms with Crippen LogP contribution in [-0.2, 0) is 0 Å². The molecule has 0 aliphatic rings. The van der Waals surface area contributed by atoms with Gasteiger partial charge in [-0.1, -0.05) is 30.3 Å². The van der Waals surface area contributed by atoms with Gasteiger partial charge in [0.15, 0.2) is 0 Å². The van der Waals surface area contributed by atoms with Crippen molar-refractivity contribution in [3.63, 3.8) is 0 Å². The SMILES string of the molecule is Cc1cc2nc(OCCCO)c(-c3ccccc3)nc2cc1C. The molecule has 3 aromatic rings. The van der Waals surface area contributed by atoms with E-state index in [9.17, 15) is 0 Å². The molecule has 0 saturated heterocycles. The Hall–Kier alpha value is -2.46. The first-order valence-electron chi connectivity index (χ1n) is 7.77. The number of hydrogen-bond acceptors (Lipinski definition) is 4. The summed E-state index contributed by atoms with van der Waals surface area (Å²) < 4.78 is 5.78. The Bertz CT molecular complexity index is 816. The number of ether oxygens (including phenoxy) is 1. The predicted octanol–water partition coefficient (Wildman–Crippen LogP) is 3.67. The fraction of sp³-hybridized carbons (Fsp3) is 0.263. The Morgan fingerprint density at radius 3 is 2.26 bits per heavy atom. The molecule has 0 atom stereocenters. The van der Waals surface area contributed by atoms with E-state index in [1.54, 1.807) is 0 Å². The quantitative estimate of drug-likeness (QED) is 0.731. The Kier molecular flexibility index (Phi) is 4.53.